The number of nitrogen functional groups attached to an aromatic ring is 1. The van der Waals surface area contributed by atoms with E-state index in [9.17, 15) is 18.9 Å². The van der Waals surface area contributed by atoms with Crippen molar-refractivity contribution < 1.29 is 13.7 Å². The molecule has 1 aromatic heterocycles. The van der Waals surface area contributed by atoms with Crippen LogP contribution in [-0.4, -0.2) is 9.91 Å². The fourth-order valence-corrected chi connectivity index (χ4v) is 1.46. The van der Waals surface area contributed by atoms with E-state index in [1.807, 2.05) is 0 Å². The van der Waals surface area contributed by atoms with Gasteiger partial charge in [-0.15, -0.1) is 0 Å². The first kappa shape index (κ1) is 11.0. The van der Waals surface area contributed by atoms with E-state index in [-0.39, 0.29) is 9.52 Å². The number of nitro groups is 1. The summed E-state index contributed by atoms with van der Waals surface area (Å²) in [7, 11) is 0. The van der Waals surface area contributed by atoms with Crippen LogP contribution in [0.15, 0.2) is 6.07 Å². The Hall–Kier alpha value is -1.06. The fourth-order valence-electron chi connectivity index (χ4n) is 0.808. The Kier molecular flexibility index (Phi) is 3.13. The maximum absolute atomic E-state index is 12.3. The van der Waals surface area contributed by atoms with Crippen LogP contribution in [0.1, 0.15) is 12.0 Å². The van der Waals surface area contributed by atoms with Crippen molar-refractivity contribution in [3.63, 3.8) is 0 Å². The molecule has 14 heavy (non-hydrogen) atoms. The zero-order valence-electron chi connectivity index (χ0n) is 6.58. The number of alkyl halides is 2. The van der Waals surface area contributed by atoms with Crippen molar-refractivity contribution in [3.05, 3.63) is 25.4 Å². The lowest BCUT2D eigenvalue weighted by atomic mass is 10.2. The number of hydrogen-bond acceptors (Lipinski definition) is 4. The molecule has 0 saturated heterocycles. The SMILES string of the molecule is Nc1nc(I)c(C(F)F)cc1[N+](=O)[O-]. The Labute approximate surface area is 90.6 Å². The number of nitrogens with two attached hydrogens (primary N) is 1. The van der Waals surface area contributed by atoms with Gasteiger partial charge in [0.15, 0.2) is 0 Å². The Morgan fingerprint density at radius 2 is 2.21 bits per heavy atom. The average Bonchev–Trinajstić information content (AvgIpc) is 2.02. The van der Waals surface area contributed by atoms with Gasteiger partial charge < -0.3 is 5.73 Å². The van der Waals surface area contributed by atoms with Crippen LogP contribution in [0.3, 0.4) is 0 Å². The van der Waals surface area contributed by atoms with Crippen molar-refractivity contribution in [1.82, 2.24) is 4.98 Å². The highest BCUT2D eigenvalue weighted by molar-refractivity contribution is 14.1. The van der Waals surface area contributed by atoms with E-state index in [4.69, 9.17) is 5.73 Å². The maximum Gasteiger partial charge on any atom is 0.311 e. The van der Waals surface area contributed by atoms with Crippen LogP contribution in [0.2, 0.25) is 0 Å². The minimum absolute atomic E-state index is 0.0271. The molecule has 8 heteroatoms. The third-order valence-electron chi connectivity index (χ3n) is 1.44. The smallest absolute Gasteiger partial charge is 0.311 e. The molecule has 0 aliphatic heterocycles. The van der Waals surface area contributed by atoms with Crippen LogP contribution in [0.4, 0.5) is 20.3 Å². The van der Waals surface area contributed by atoms with Gasteiger partial charge in [0.25, 0.3) is 6.43 Å². The van der Waals surface area contributed by atoms with Crippen molar-refractivity contribution in [2.45, 2.75) is 6.43 Å². The maximum atomic E-state index is 12.3. The lowest BCUT2D eigenvalue weighted by Crippen LogP contribution is -2.03. The van der Waals surface area contributed by atoms with Gasteiger partial charge >= 0.3 is 5.69 Å². The summed E-state index contributed by atoms with van der Waals surface area (Å²) in [6, 6.07) is 0.745. The molecule has 1 aromatic rings. The number of nitrogens with zero attached hydrogens (tertiary/aromatic N) is 2. The molecule has 0 unspecified atom stereocenters. The molecule has 0 fully saturated rings. The van der Waals surface area contributed by atoms with Crippen molar-refractivity contribution in [2.24, 2.45) is 0 Å². The van der Waals surface area contributed by atoms with Gasteiger partial charge in [-0.25, -0.2) is 13.8 Å². The molecule has 0 aliphatic carbocycles. The fraction of sp³-hybridized carbons (Fsp3) is 0.167. The standard InChI is InChI=1S/C6H4F2IN3O2/c7-4(8)2-1-3(12(13)14)6(10)11-5(2)9/h1,4H,(H2,10,11). The molecule has 5 nitrogen and oxygen atoms in total. The minimum atomic E-state index is -2.80. The Morgan fingerprint density at radius 3 is 2.64 bits per heavy atom. The Balaban J connectivity index is 3.34. The summed E-state index contributed by atoms with van der Waals surface area (Å²) in [6.45, 7) is 0. The highest BCUT2D eigenvalue weighted by Crippen LogP contribution is 2.29. The molecule has 1 heterocycles. The predicted molar refractivity (Wildman–Crippen MR) is 53.0 cm³/mol. The molecule has 0 saturated carbocycles. The summed E-state index contributed by atoms with van der Waals surface area (Å²) >= 11 is 1.55. The molecule has 1 rings (SSSR count). The van der Waals surface area contributed by atoms with Gasteiger partial charge in [-0.3, -0.25) is 10.1 Å². The molecule has 0 bridgehead atoms. The summed E-state index contributed by atoms with van der Waals surface area (Å²) in [5.41, 5.74) is 4.11. The molecule has 0 radical (unpaired) electrons. The first-order chi connectivity index (χ1) is 6.43. The van der Waals surface area contributed by atoms with E-state index in [1.54, 1.807) is 22.6 Å². The molecule has 0 atom stereocenters. The van der Waals surface area contributed by atoms with Crippen molar-refractivity contribution >= 4 is 34.1 Å². The Bertz CT molecular complexity index is 386. The predicted octanol–water partition coefficient (Wildman–Crippen LogP) is 2.11. The molecule has 0 aliphatic rings. The summed E-state index contributed by atoms with van der Waals surface area (Å²) in [5, 5.41) is 10.3. The molecular formula is C6H4F2IN3O2. The van der Waals surface area contributed by atoms with E-state index in [0.717, 1.165) is 6.07 Å². The van der Waals surface area contributed by atoms with Crippen LogP contribution >= 0.6 is 22.6 Å². The molecule has 76 valence electrons. The zero-order valence-corrected chi connectivity index (χ0v) is 8.73. The van der Waals surface area contributed by atoms with E-state index in [2.05, 4.69) is 4.98 Å². The highest BCUT2D eigenvalue weighted by Gasteiger charge is 2.21. The number of anilines is 1. The summed E-state index contributed by atoms with van der Waals surface area (Å²) in [6.07, 6.45) is -2.80. The van der Waals surface area contributed by atoms with Crippen LogP contribution in [-0.2, 0) is 0 Å². The lowest BCUT2D eigenvalue weighted by molar-refractivity contribution is -0.384. The molecular weight excluding hydrogens is 311 g/mol. The second kappa shape index (κ2) is 3.98. The van der Waals surface area contributed by atoms with Gasteiger partial charge in [-0.1, -0.05) is 0 Å². The first-order valence-corrected chi connectivity index (χ1v) is 4.39. The van der Waals surface area contributed by atoms with E-state index < -0.39 is 22.6 Å². The number of pyridine rings is 1. The van der Waals surface area contributed by atoms with Crippen LogP contribution in [0.5, 0.6) is 0 Å². The quantitative estimate of drug-likeness (QED) is 0.392. The van der Waals surface area contributed by atoms with Crippen molar-refractivity contribution in [2.75, 3.05) is 5.73 Å². The third-order valence-corrected chi connectivity index (χ3v) is 2.31. The van der Waals surface area contributed by atoms with E-state index in [1.165, 1.54) is 0 Å². The van der Waals surface area contributed by atoms with Gasteiger partial charge in [-0.05, 0) is 22.6 Å². The van der Waals surface area contributed by atoms with Gasteiger partial charge in [-0.2, -0.15) is 0 Å². The number of rotatable bonds is 2. The zero-order chi connectivity index (χ0) is 10.9. The Morgan fingerprint density at radius 1 is 1.64 bits per heavy atom. The van der Waals surface area contributed by atoms with Crippen molar-refractivity contribution in [3.8, 4) is 0 Å². The summed E-state index contributed by atoms with van der Waals surface area (Å²) in [4.78, 5) is 13.0. The molecule has 2 N–H and O–H groups in total. The second-order valence-electron chi connectivity index (χ2n) is 2.33. The monoisotopic (exact) mass is 315 g/mol. The third kappa shape index (κ3) is 2.05. The first-order valence-electron chi connectivity index (χ1n) is 3.32. The topological polar surface area (TPSA) is 82.0 Å². The number of halogens is 3. The summed E-state index contributed by atoms with van der Waals surface area (Å²) < 4.78 is 24.6. The van der Waals surface area contributed by atoms with Gasteiger partial charge in [0.1, 0.15) is 3.70 Å². The molecule has 0 aromatic carbocycles. The van der Waals surface area contributed by atoms with E-state index >= 15 is 0 Å². The largest absolute Gasteiger partial charge is 0.378 e. The van der Waals surface area contributed by atoms with Crippen molar-refractivity contribution in [1.29, 1.82) is 0 Å². The lowest BCUT2D eigenvalue weighted by Gasteiger charge is -2.03. The normalized spacial score (nSPS) is 10.6. The summed E-state index contributed by atoms with van der Waals surface area (Å²) in [5.74, 6) is -0.358. The molecule has 0 spiro atoms. The average molecular weight is 315 g/mol. The second-order valence-corrected chi connectivity index (χ2v) is 3.35. The number of hydrogen-bond donors (Lipinski definition) is 1. The van der Waals surface area contributed by atoms with Crippen LogP contribution in [0.25, 0.3) is 0 Å². The van der Waals surface area contributed by atoms with Gasteiger partial charge in [0, 0.05) is 6.07 Å². The molecule has 0 amide bonds. The van der Waals surface area contributed by atoms with Gasteiger partial charge in [0.2, 0.25) is 5.82 Å². The number of aromatic nitrogens is 1. The van der Waals surface area contributed by atoms with Crippen LogP contribution in [0, 0.1) is 13.8 Å². The van der Waals surface area contributed by atoms with Crippen LogP contribution < -0.4 is 5.73 Å². The minimum Gasteiger partial charge on any atom is -0.378 e. The highest BCUT2D eigenvalue weighted by atomic mass is 127. The van der Waals surface area contributed by atoms with E-state index in [0.29, 0.717) is 0 Å². The van der Waals surface area contributed by atoms with Gasteiger partial charge in [0.05, 0.1) is 10.5 Å².